The van der Waals surface area contributed by atoms with Crippen molar-refractivity contribution in [3.63, 3.8) is 0 Å². The van der Waals surface area contributed by atoms with Gasteiger partial charge in [0.15, 0.2) is 5.78 Å². The standard InChI is InChI=1S/C11H15NO/c1-2-7(6-12)11(13)10-8-4-3-5-9(8)10/h7-10H,2-5H2,1H3. The van der Waals surface area contributed by atoms with Gasteiger partial charge >= 0.3 is 0 Å². The molecule has 2 rings (SSSR count). The molecular weight excluding hydrogens is 162 g/mol. The van der Waals surface area contributed by atoms with Gasteiger partial charge in [-0.15, -0.1) is 0 Å². The number of carbonyl (C=O) groups excluding carboxylic acids is 1. The lowest BCUT2D eigenvalue weighted by molar-refractivity contribution is -0.123. The molecule has 0 saturated heterocycles. The van der Waals surface area contributed by atoms with Crippen molar-refractivity contribution in [1.29, 1.82) is 5.26 Å². The molecule has 0 spiro atoms. The number of Topliss-reactive ketones (excluding diaryl/α,β-unsaturated/α-hetero) is 1. The number of carbonyl (C=O) groups is 1. The van der Waals surface area contributed by atoms with Crippen LogP contribution in [0.5, 0.6) is 0 Å². The highest BCUT2D eigenvalue weighted by molar-refractivity contribution is 5.88. The molecule has 0 aliphatic heterocycles. The van der Waals surface area contributed by atoms with Gasteiger partial charge in [0.05, 0.1) is 6.07 Å². The second-order valence-electron chi connectivity index (χ2n) is 4.28. The summed E-state index contributed by atoms with van der Waals surface area (Å²) in [6.45, 7) is 1.92. The Morgan fingerprint density at radius 3 is 2.62 bits per heavy atom. The predicted octanol–water partition coefficient (Wildman–Crippen LogP) is 2.15. The number of ketones is 1. The lowest BCUT2D eigenvalue weighted by Gasteiger charge is -2.05. The normalized spacial score (nSPS) is 37.7. The van der Waals surface area contributed by atoms with Gasteiger partial charge in [0.2, 0.25) is 0 Å². The molecule has 2 heteroatoms. The van der Waals surface area contributed by atoms with Crippen molar-refractivity contribution in [1.82, 2.24) is 0 Å². The summed E-state index contributed by atoms with van der Waals surface area (Å²) in [6.07, 6.45) is 4.43. The highest BCUT2D eigenvalue weighted by Gasteiger charge is 2.57. The van der Waals surface area contributed by atoms with E-state index in [0.717, 1.165) is 0 Å². The van der Waals surface area contributed by atoms with Gasteiger partial charge < -0.3 is 0 Å². The molecule has 3 unspecified atom stereocenters. The fourth-order valence-electron chi connectivity index (χ4n) is 2.83. The van der Waals surface area contributed by atoms with Gasteiger partial charge in [-0.3, -0.25) is 4.79 Å². The van der Waals surface area contributed by atoms with E-state index in [-0.39, 0.29) is 17.6 Å². The smallest absolute Gasteiger partial charge is 0.153 e. The molecule has 2 nitrogen and oxygen atoms in total. The van der Waals surface area contributed by atoms with Gasteiger partial charge in [0, 0.05) is 5.92 Å². The minimum Gasteiger partial charge on any atom is -0.298 e. The van der Waals surface area contributed by atoms with Crippen LogP contribution in [-0.2, 0) is 4.79 Å². The molecule has 0 bridgehead atoms. The first-order chi connectivity index (χ1) is 6.29. The average Bonchev–Trinajstić information content (AvgIpc) is 2.62. The minimum atomic E-state index is -0.324. The Morgan fingerprint density at radius 2 is 2.15 bits per heavy atom. The van der Waals surface area contributed by atoms with E-state index in [1.54, 1.807) is 0 Å². The number of hydrogen-bond acceptors (Lipinski definition) is 2. The predicted molar refractivity (Wildman–Crippen MR) is 48.7 cm³/mol. The fraction of sp³-hybridized carbons (Fsp3) is 0.818. The van der Waals surface area contributed by atoms with Crippen LogP contribution in [0.15, 0.2) is 0 Å². The second kappa shape index (κ2) is 3.14. The molecule has 0 heterocycles. The molecule has 0 N–H and O–H groups in total. The van der Waals surface area contributed by atoms with Crippen LogP contribution in [0.1, 0.15) is 32.6 Å². The van der Waals surface area contributed by atoms with E-state index in [1.807, 2.05) is 6.92 Å². The third-order valence-electron chi connectivity index (χ3n) is 3.64. The van der Waals surface area contributed by atoms with Gasteiger partial charge in [-0.2, -0.15) is 5.26 Å². The molecule has 2 saturated carbocycles. The number of hydrogen-bond donors (Lipinski definition) is 0. The first-order valence-electron chi connectivity index (χ1n) is 5.23. The van der Waals surface area contributed by atoms with E-state index in [1.165, 1.54) is 19.3 Å². The molecule has 0 aromatic rings. The molecule has 3 atom stereocenters. The lowest BCUT2D eigenvalue weighted by Crippen LogP contribution is -2.16. The number of fused-ring (bicyclic) bond motifs is 1. The van der Waals surface area contributed by atoms with E-state index in [2.05, 4.69) is 6.07 Å². The van der Waals surface area contributed by atoms with Gasteiger partial charge in [-0.25, -0.2) is 0 Å². The Morgan fingerprint density at radius 1 is 1.54 bits per heavy atom. The van der Waals surface area contributed by atoms with E-state index < -0.39 is 0 Å². The number of nitriles is 1. The van der Waals surface area contributed by atoms with Gasteiger partial charge in [0.25, 0.3) is 0 Å². The molecule has 70 valence electrons. The van der Waals surface area contributed by atoms with E-state index >= 15 is 0 Å². The quantitative estimate of drug-likeness (QED) is 0.662. The Balaban J connectivity index is 1.96. The summed E-state index contributed by atoms with van der Waals surface area (Å²) in [5.41, 5.74) is 0. The van der Waals surface area contributed by atoms with Crippen LogP contribution < -0.4 is 0 Å². The third-order valence-corrected chi connectivity index (χ3v) is 3.64. The zero-order chi connectivity index (χ0) is 9.42. The van der Waals surface area contributed by atoms with Crippen LogP contribution in [0.25, 0.3) is 0 Å². The zero-order valence-corrected chi connectivity index (χ0v) is 7.99. The van der Waals surface area contributed by atoms with Crippen molar-refractivity contribution in [2.75, 3.05) is 0 Å². The average molecular weight is 177 g/mol. The fourth-order valence-corrected chi connectivity index (χ4v) is 2.83. The molecular formula is C11H15NO. The van der Waals surface area contributed by atoms with Crippen LogP contribution in [-0.4, -0.2) is 5.78 Å². The molecule has 0 radical (unpaired) electrons. The number of nitrogens with zero attached hydrogens (tertiary/aromatic N) is 1. The maximum Gasteiger partial charge on any atom is 0.153 e. The minimum absolute atomic E-state index is 0.236. The molecule has 2 aliphatic carbocycles. The summed E-state index contributed by atoms with van der Waals surface area (Å²) in [5, 5.41) is 8.77. The highest BCUT2D eigenvalue weighted by atomic mass is 16.1. The van der Waals surface area contributed by atoms with Crippen molar-refractivity contribution < 1.29 is 4.79 Å². The van der Waals surface area contributed by atoms with E-state index in [0.29, 0.717) is 18.3 Å². The second-order valence-corrected chi connectivity index (χ2v) is 4.28. The molecule has 2 aliphatic rings. The monoisotopic (exact) mass is 177 g/mol. The van der Waals surface area contributed by atoms with Gasteiger partial charge in [-0.1, -0.05) is 13.3 Å². The van der Waals surface area contributed by atoms with Crippen LogP contribution in [0.2, 0.25) is 0 Å². The Hall–Kier alpha value is -0.840. The first-order valence-corrected chi connectivity index (χ1v) is 5.23. The molecule has 0 aromatic carbocycles. The zero-order valence-electron chi connectivity index (χ0n) is 7.99. The molecule has 13 heavy (non-hydrogen) atoms. The molecule has 2 fully saturated rings. The summed E-state index contributed by atoms with van der Waals surface area (Å²) in [5.74, 6) is 1.51. The summed E-state index contributed by atoms with van der Waals surface area (Å²) in [4.78, 5) is 11.8. The molecule has 0 aromatic heterocycles. The Labute approximate surface area is 78.9 Å². The van der Waals surface area contributed by atoms with Crippen LogP contribution in [0, 0.1) is 35.0 Å². The maximum absolute atomic E-state index is 11.8. The van der Waals surface area contributed by atoms with Crippen LogP contribution >= 0.6 is 0 Å². The van der Waals surface area contributed by atoms with E-state index in [9.17, 15) is 4.79 Å². The van der Waals surface area contributed by atoms with Crippen molar-refractivity contribution in [3.8, 4) is 6.07 Å². The highest BCUT2D eigenvalue weighted by Crippen LogP contribution is 2.58. The van der Waals surface area contributed by atoms with Gasteiger partial charge in [-0.05, 0) is 31.1 Å². The maximum atomic E-state index is 11.8. The first kappa shape index (κ1) is 8.74. The Kier molecular flexibility index (Phi) is 2.11. The van der Waals surface area contributed by atoms with Crippen molar-refractivity contribution >= 4 is 5.78 Å². The number of rotatable bonds is 3. The Bertz CT molecular complexity index is 256. The van der Waals surface area contributed by atoms with Crippen LogP contribution in [0.4, 0.5) is 0 Å². The van der Waals surface area contributed by atoms with Crippen molar-refractivity contribution in [2.24, 2.45) is 23.7 Å². The van der Waals surface area contributed by atoms with Gasteiger partial charge in [0.1, 0.15) is 5.92 Å². The summed E-state index contributed by atoms with van der Waals surface area (Å²) in [7, 11) is 0. The van der Waals surface area contributed by atoms with Crippen molar-refractivity contribution in [3.05, 3.63) is 0 Å². The van der Waals surface area contributed by atoms with Crippen molar-refractivity contribution in [2.45, 2.75) is 32.6 Å². The summed E-state index contributed by atoms with van der Waals surface area (Å²) >= 11 is 0. The van der Waals surface area contributed by atoms with E-state index in [4.69, 9.17) is 5.26 Å². The largest absolute Gasteiger partial charge is 0.298 e. The lowest BCUT2D eigenvalue weighted by atomic mass is 9.95. The topological polar surface area (TPSA) is 40.9 Å². The van der Waals surface area contributed by atoms with Crippen LogP contribution in [0.3, 0.4) is 0 Å². The summed E-state index contributed by atoms with van der Waals surface area (Å²) in [6, 6.07) is 2.11. The summed E-state index contributed by atoms with van der Waals surface area (Å²) < 4.78 is 0. The SMILES string of the molecule is CCC(C#N)C(=O)C1C2CCCC21. The molecule has 0 amide bonds. The third kappa shape index (κ3) is 1.27.